The number of nitrogens with zero attached hydrogens (tertiary/aromatic N) is 2. The van der Waals surface area contributed by atoms with E-state index in [1.807, 2.05) is 6.92 Å². The molecule has 0 aliphatic rings. The van der Waals surface area contributed by atoms with Crippen molar-refractivity contribution < 1.29 is 18.0 Å². The number of halogens is 3. The number of alkyl halides is 3. The van der Waals surface area contributed by atoms with Crippen LogP contribution in [0.4, 0.5) is 19.0 Å². The fourth-order valence-electron chi connectivity index (χ4n) is 1.68. The second-order valence-electron chi connectivity index (χ2n) is 4.50. The van der Waals surface area contributed by atoms with Gasteiger partial charge in [-0.15, -0.1) is 0 Å². The van der Waals surface area contributed by atoms with Crippen molar-refractivity contribution in [2.45, 2.75) is 20.0 Å². The average molecular weight is 295 g/mol. The van der Waals surface area contributed by atoms with Crippen LogP contribution in [0, 0.1) is 13.8 Å². The Bertz CT molecular complexity index is 666. The molecule has 110 valence electrons. The van der Waals surface area contributed by atoms with Crippen molar-refractivity contribution in [1.29, 1.82) is 0 Å². The fourth-order valence-corrected chi connectivity index (χ4v) is 1.68. The molecule has 0 fully saturated rings. The van der Waals surface area contributed by atoms with Gasteiger partial charge < -0.3 is 5.32 Å². The first-order valence-corrected chi connectivity index (χ1v) is 6.06. The monoisotopic (exact) mass is 295 g/mol. The van der Waals surface area contributed by atoms with E-state index in [1.54, 1.807) is 18.3 Å². The van der Waals surface area contributed by atoms with Crippen molar-refractivity contribution in [1.82, 2.24) is 9.97 Å². The van der Waals surface area contributed by atoms with Crippen LogP contribution in [0.15, 0.2) is 30.5 Å². The lowest BCUT2D eigenvalue weighted by atomic mass is 10.1. The molecule has 0 bridgehead atoms. The Labute approximate surface area is 119 Å². The van der Waals surface area contributed by atoms with E-state index >= 15 is 0 Å². The predicted molar refractivity (Wildman–Crippen MR) is 70.9 cm³/mol. The number of nitrogens with one attached hydrogen (secondary N) is 1. The molecule has 1 N–H and O–H groups in total. The summed E-state index contributed by atoms with van der Waals surface area (Å²) >= 11 is 0. The van der Waals surface area contributed by atoms with E-state index in [-0.39, 0.29) is 11.3 Å². The maximum Gasteiger partial charge on any atom is 0.433 e. The minimum Gasteiger partial charge on any atom is -0.307 e. The van der Waals surface area contributed by atoms with Gasteiger partial charge in [-0.05, 0) is 37.6 Å². The smallest absolute Gasteiger partial charge is 0.307 e. The van der Waals surface area contributed by atoms with Crippen LogP contribution >= 0.6 is 0 Å². The molecule has 0 aromatic carbocycles. The molecule has 21 heavy (non-hydrogen) atoms. The molecule has 0 unspecified atom stereocenters. The van der Waals surface area contributed by atoms with E-state index in [4.69, 9.17) is 0 Å². The molecule has 0 saturated carbocycles. The van der Waals surface area contributed by atoms with Crippen LogP contribution in [-0.4, -0.2) is 15.9 Å². The van der Waals surface area contributed by atoms with E-state index in [9.17, 15) is 18.0 Å². The van der Waals surface area contributed by atoms with Crippen LogP contribution in [0.5, 0.6) is 0 Å². The van der Waals surface area contributed by atoms with Crippen LogP contribution < -0.4 is 5.32 Å². The summed E-state index contributed by atoms with van der Waals surface area (Å²) in [7, 11) is 0. The lowest BCUT2D eigenvalue weighted by Gasteiger charge is -2.10. The molecule has 2 rings (SSSR count). The first kappa shape index (κ1) is 15.0. The molecule has 0 atom stereocenters. The van der Waals surface area contributed by atoms with E-state index in [1.165, 1.54) is 6.92 Å². The molecule has 0 spiro atoms. The molecule has 0 aliphatic heterocycles. The summed E-state index contributed by atoms with van der Waals surface area (Å²) in [6.07, 6.45) is -2.95. The highest BCUT2D eigenvalue weighted by Crippen LogP contribution is 2.28. The second kappa shape index (κ2) is 5.51. The number of aryl methyl sites for hydroxylation is 2. The summed E-state index contributed by atoms with van der Waals surface area (Å²) in [4.78, 5) is 19.4. The first-order chi connectivity index (χ1) is 9.77. The summed E-state index contributed by atoms with van der Waals surface area (Å²) in [6.45, 7) is 3.20. The molecular formula is C14H12F3N3O. The summed E-state index contributed by atoms with van der Waals surface area (Å²) in [5, 5.41) is 2.51. The largest absolute Gasteiger partial charge is 0.433 e. The number of carbonyl (C=O) groups excluding carboxylic acids is 1. The van der Waals surface area contributed by atoms with Gasteiger partial charge in [0.15, 0.2) is 0 Å². The Morgan fingerprint density at radius 2 is 1.86 bits per heavy atom. The minimum atomic E-state index is -4.53. The Morgan fingerprint density at radius 1 is 1.14 bits per heavy atom. The van der Waals surface area contributed by atoms with Crippen molar-refractivity contribution in [3.05, 3.63) is 53.0 Å². The van der Waals surface area contributed by atoms with E-state index in [0.717, 1.165) is 17.7 Å². The fraction of sp³-hybridized carbons (Fsp3) is 0.214. The maximum atomic E-state index is 12.5. The number of aromatic nitrogens is 2. The van der Waals surface area contributed by atoms with Crippen molar-refractivity contribution in [2.24, 2.45) is 0 Å². The van der Waals surface area contributed by atoms with Gasteiger partial charge in [-0.2, -0.15) is 13.2 Å². The normalized spacial score (nSPS) is 11.3. The van der Waals surface area contributed by atoms with Gasteiger partial charge in [0.1, 0.15) is 11.5 Å². The number of amides is 1. The summed E-state index contributed by atoms with van der Waals surface area (Å²) in [5.41, 5.74) is -0.00908. The van der Waals surface area contributed by atoms with Gasteiger partial charge >= 0.3 is 6.18 Å². The van der Waals surface area contributed by atoms with Gasteiger partial charge in [-0.1, -0.05) is 6.07 Å². The topological polar surface area (TPSA) is 54.9 Å². The van der Waals surface area contributed by atoms with E-state index in [0.29, 0.717) is 5.82 Å². The van der Waals surface area contributed by atoms with Gasteiger partial charge in [0, 0.05) is 6.20 Å². The third kappa shape index (κ3) is 3.56. The molecule has 0 saturated heterocycles. The highest BCUT2D eigenvalue weighted by molar-refractivity contribution is 6.04. The Balaban J connectivity index is 2.22. The second-order valence-corrected chi connectivity index (χ2v) is 4.50. The Hall–Kier alpha value is -2.44. The van der Waals surface area contributed by atoms with Crippen LogP contribution in [0.2, 0.25) is 0 Å². The zero-order chi connectivity index (χ0) is 15.6. The van der Waals surface area contributed by atoms with Crippen molar-refractivity contribution >= 4 is 11.7 Å². The maximum absolute atomic E-state index is 12.5. The summed E-state index contributed by atoms with van der Waals surface area (Å²) < 4.78 is 37.5. The first-order valence-electron chi connectivity index (χ1n) is 6.06. The Morgan fingerprint density at radius 3 is 2.38 bits per heavy atom. The zero-order valence-corrected chi connectivity index (χ0v) is 11.3. The standard InChI is InChI=1S/C14H12F3N3O/c1-8-3-6-12(18-7-8)20-13(21)10-4-5-11(14(15,16)17)19-9(10)2/h3-7H,1-2H3,(H,18,20,21). The number of hydrogen-bond donors (Lipinski definition) is 1. The van der Waals surface area contributed by atoms with Crippen LogP contribution in [0.25, 0.3) is 0 Å². The third-order valence-corrected chi connectivity index (χ3v) is 2.77. The number of hydrogen-bond acceptors (Lipinski definition) is 3. The quantitative estimate of drug-likeness (QED) is 0.924. The van der Waals surface area contributed by atoms with Gasteiger partial charge in [-0.3, -0.25) is 4.79 Å². The molecule has 2 heterocycles. The molecule has 0 aliphatic carbocycles. The van der Waals surface area contributed by atoms with Crippen molar-refractivity contribution in [2.75, 3.05) is 5.32 Å². The molecule has 2 aromatic rings. The molecular weight excluding hydrogens is 283 g/mol. The van der Waals surface area contributed by atoms with Crippen LogP contribution in [0.3, 0.4) is 0 Å². The highest BCUT2D eigenvalue weighted by atomic mass is 19.4. The van der Waals surface area contributed by atoms with Gasteiger partial charge in [0.25, 0.3) is 5.91 Å². The van der Waals surface area contributed by atoms with Crippen LogP contribution in [0.1, 0.15) is 27.3 Å². The highest BCUT2D eigenvalue weighted by Gasteiger charge is 2.33. The zero-order valence-electron chi connectivity index (χ0n) is 11.3. The molecule has 0 radical (unpaired) electrons. The Kier molecular flexibility index (Phi) is 3.93. The lowest BCUT2D eigenvalue weighted by Crippen LogP contribution is -2.17. The minimum absolute atomic E-state index is 0.00874. The van der Waals surface area contributed by atoms with Gasteiger partial charge in [-0.25, -0.2) is 9.97 Å². The molecule has 4 nitrogen and oxygen atoms in total. The number of pyridine rings is 2. The van der Waals surface area contributed by atoms with E-state index < -0.39 is 17.8 Å². The number of rotatable bonds is 2. The summed E-state index contributed by atoms with van der Waals surface area (Å²) in [6, 6.07) is 5.26. The summed E-state index contributed by atoms with van der Waals surface area (Å²) in [5.74, 6) is -0.227. The molecule has 1 amide bonds. The average Bonchev–Trinajstić information content (AvgIpc) is 2.40. The SMILES string of the molecule is Cc1ccc(NC(=O)c2ccc(C(F)(F)F)nc2C)nc1. The van der Waals surface area contributed by atoms with Crippen LogP contribution in [-0.2, 0) is 6.18 Å². The van der Waals surface area contributed by atoms with E-state index in [2.05, 4.69) is 15.3 Å². The lowest BCUT2D eigenvalue weighted by molar-refractivity contribution is -0.141. The predicted octanol–water partition coefficient (Wildman–Crippen LogP) is 3.36. The number of carbonyl (C=O) groups is 1. The molecule has 7 heteroatoms. The number of anilines is 1. The van der Waals surface area contributed by atoms with Crippen molar-refractivity contribution in [3.8, 4) is 0 Å². The van der Waals surface area contributed by atoms with Gasteiger partial charge in [0.2, 0.25) is 0 Å². The third-order valence-electron chi connectivity index (χ3n) is 2.77. The van der Waals surface area contributed by atoms with Crippen molar-refractivity contribution in [3.63, 3.8) is 0 Å². The molecule has 2 aromatic heterocycles. The van der Waals surface area contributed by atoms with Gasteiger partial charge in [0.05, 0.1) is 11.3 Å².